The molecule has 0 spiro atoms. The quantitative estimate of drug-likeness (QED) is 0.542. The maximum absolute atomic E-state index is 11.6. The lowest BCUT2D eigenvalue weighted by atomic mass is 10.2. The lowest BCUT2D eigenvalue weighted by molar-refractivity contribution is -0.119. The van der Waals surface area contributed by atoms with E-state index in [4.69, 9.17) is 4.74 Å². The highest BCUT2D eigenvalue weighted by molar-refractivity contribution is 5.90. The topological polar surface area (TPSA) is 67.4 Å². The van der Waals surface area contributed by atoms with Crippen molar-refractivity contribution in [2.45, 2.75) is 33.1 Å². The van der Waals surface area contributed by atoms with Crippen molar-refractivity contribution < 1.29 is 14.3 Å². The van der Waals surface area contributed by atoms with Gasteiger partial charge in [-0.05, 0) is 37.1 Å². The number of carbonyl (C=O) groups excluding carboxylic acids is 2. The fraction of sp³-hybridized carbons (Fsp3) is 0.500. The Kier molecular flexibility index (Phi) is 7.94. The molecule has 0 aromatic heterocycles. The van der Waals surface area contributed by atoms with Crippen molar-refractivity contribution in [3.63, 3.8) is 0 Å². The highest BCUT2D eigenvalue weighted by Crippen LogP contribution is 2.10. The summed E-state index contributed by atoms with van der Waals surface area (Å²) in [6.07, 6.45) is 2.85. The first-order chi connectivity index (χ1) is 10.2. The smallest absolute Gasteiger partial charge is 0.338 e. The van der Waals surface area contributed by atoms with Crippen molar-refractivity contribution >= 4 is 17.6 Å². The SMILES string of the molecule is CCCCNC(=O)CNc1ccc(C(=O)OCCC)cc1. The van der Waals surface area contributed by atoms with Crippen molar-refractivity contribution in [1.82, 2.24) is 5.32 Å². The molecule has 2 N–H and O–H groups in total. The molecule has 5 nitrogen and oxygen atoms in total. The Bertz CT molecular complexity index is 443. The second-order valence-corrected chi connectivity index (χ2v) is 4.77. The van der Waals surface area contributed by atoms with Crippen LogP contribution in [0.2, 0.25) is 0 Å². The van der Waals surface area contributed by atoms with E-state index < -0.39 is 0 Å². The van der Waals surface area contributed by atoms with E-state index in [0.717, 1.165) is 24.9 Å². The van der Waals surface area contributed by atoms with Crippen LogP contribution in [0.1, 0.15) is 43.5 Å². The lowest BCUT2D eigenvalue weighted by Gasteiger charge is -2.08. The van der Waals surface area contributed by atoms with Crippen LogP contribution in [0.5, 0.6) is 0 Å². The molecule has 0 atom stereocenters. The molecular formula is C16H24N2O3. The minimum Gasteiger partial charge on any atom is -0.462 e. The van der Waals surface area contributed by atoms with Gasteiger partial charge in [-0.15, -0.1) is 0 Å². The Morgan fingerprint density at radius 1 is 1.10 bits per heavy atom. The fourth-order valence-electron chi connectivity index (χ4n) is 1.65. The zero-order chi connectivity index (χ0) is 15.5. The number of carbonyl (C=O) groups is 2. The van der Waals surface area contributed by atoms with Crippen LogP contribution in [0, 0.1) is 0 Å². The third kappa shape index (κ3) is 6.79. The van der Waals surface area contributed by atoms with E-state index in [1.165, 1.54) is 0 Å². The summed E-state index contributed by atoms with van der Waals surface area (Å²) in [7, 11) is 0. The molecule has 5 heteroatoms. The summed E-state index contributed by atoms with van der Waals surface area (Å²) >= 11 is 0. The summed E-state index contributed by atoms with van der Waals surface area (Å²) < 4.78 is 5.05. The second kappa shape index (κ2) is 9.80. The Balaban J connectivity index is 2.37. The van der Waals surface area contributed by atoms with Gasteiger partial charge in [-0.2, -0.15) is 0 Å². The highest BCUT2D eigenvalue weighted by Gasteiger charge is 2.06. The minimum absolute atomic E-state index is 0.0325. The summed E-state index contributed by atoms with van der Waals surface area (Å²) in [4.78, 5) is 23.2. The van der Waals surface area contributed by atoms with E-state index in [9.17, 15) is 9.59 Å². The molecule has 0 aliphatic heterocycles. The summed E-state index contributed by atoms with van der Waals surface area (Å²) in [6, 6.07) is 6.91. The van der Waals surface area contributed by atoms with Crippen LogP contribution in [0.3, 0.4) is 0 Å². The molecule has 21 heavy (non-hydrogen) atoms. The van der Waals surface area contributed by atoms with Crippen LogP contribution < -0.4 is 10.6 Å². The van der Waals surface area contributed by atoms with Crippen LogP contribution in [0.15, 0.2) is 24.3 Å². The molecule has 0 fully saturated rings. The first-order valence-electron chi connectivity index (χ1n) is 7.45. The number of hydrogen-bond donors (Lipinski definition) is 2. The summed E-state index contributed by atoms with van der Waals surface area (Å²) in [5.41, 5.74) is 1.31. The van der Waals surface area contributed by atoms with E-state index >= 15 is 0 Å². The number of esters is 1. The average molecular weight is 292 g/mol. The molecule has 1 aromatic rings. The fourth-order valence-corrected chi connectivity index (χ4v) is 1.65. The number of ether oxygens (including phenoxy) is 1. The predicted octanol–water partition coefficient (Wildman–Crippen LogP) is 2.58. The number of benzene rings is 1. The number of nitrogens with one attached hydrogen (secondary N) is 2. The molecule has 1 aromatic carbocycles. The van der Waals surface area contributed by atoms with Crippen molar-refractivity contribution in [2.75, 3.05) is 25.0 Å². The van der Waals surface area contributed by atoms with E-state index in [0.29, 0.717) is 18.7 Å². The number of hydrogen-bond acceptors (Lipinski definition) is 4. The van der Waals surface area contributed by atoms with Crippen molar-refractivity contribution in [2.24, 2.45) is 0 Å². The van der Waals surface area contributed by atoms with Crippen molar-refractivity contribution in [1.29, 1.82) is 0 Å². The molecular weight excluding hydrogens is 268 g/mol. The Labute approximate surface area is 126 Å². The van der Waals surface area contributed by atoms with Gasteiger partial charge >= 0.3 is 5.97 Å². The average Bonchev–Trinajstić information content (AvgIpc) is 2.51. The molecule has 1 rings (SSSR count). The van der Waals surface area contributed by atoms with Gasteiger partial charge in [0.1, 0.15) is 0 Å². The maximum atomic E-state index is 11.6. The number of anilines is 1. The van der Waals surface area contributed by atoms with Gasteiger partial charge in [0, 0.05) is 12.2 Å². The van der Waals surface area contributed by atoms with E-state index in [2.05, 4.69) is 17.6 Å². The maximum Gasteiger partial charge on any atom is 0.338 e. The molecule has 0 bridgehead atoms. The van der Waals surface area contributed by atoms with Gasteiger partial charge in [-0.25, -0.2) is 4.79 Å². The zero-order valence-electron chi connectivity index (χ0n) is 12.8. The third-order valence-corrected chi connectivity index (χ3v) is 2.86. The Morgan fingerprint density at radius 2 is 1.81 bits per heavy atom. The molecule has 0 aliphatic carbocycles. The first kappa shape index (κ1) is 17.0. The molecule has 116 valence electrons. The summed E-state index contributed by atoms with van der Waals surface area (Å²) in [5.74, 6) is -0.351. The van der Waals surface area contributed by atoms with Gasteiger partial charge in [0.15, 0.2) is 0 Å². The zero-order valence-corrected chi connectivity index (χ0v) is 12.8. The van der Waals surface area contributed by atoms with Crippen LogP contribution in [-0.4, -0.2) is 31.6 Å². The molecule has 0 heterocycles. The van der Waals surface area contributed by atoms with Crippen LogP contribution >= 0.6 is 0 Å². The monoisotopic (exact) mass is 292 g/mol. The largest absolute Gasteiger partial charge is 0.462 e. The Hall–Kier alpha value is -2.04. The molecule has 0 radical (unpaired) electrons. The molecule has 0 saturated carbocycles. The number of amides is 1. The van der Waals surface area contributed by atoms with E-state index in [-0.39, 0.29) is 18.4 Å². The summed E-state index contributed by atoms with van der Waals surface area (Å²) in [6.45, 7) is 5.39. The molecule has 0 aliphatic rings. The van der Waals surface area contributed by atoms with Crippen molar-refractivity contribution in [3.8, 4) is 0 Å². The highest BCUT2D eigenvalue weighted by atomic mass is 16.5. The first-order valence-corrected chi connectivity index (χ1v) is 7.45. The third-order valence-electron chi connectivity index (χ3n) is 2.86. The van der Waals surface area contributed by atoms with Crippen LogP contribution in [0.25, 0.3) is 0 Å². The number of rotatable bonds is 9. The standard InChI is InChI=1S/C16H24N2O3/c1-3-5-10-17-15(19)12-18-14-8-6-13(7-9-14)16(20)21-11-4-2/h6-9,18H,3-5,10-12H2,1-2H3,(H,17,19). The second-order valence-electron chi connectivity index (χ2n) is 4.77. The number of unbranched alkanes of at least 4 members (excludes halogenated alkanes) is 1. The lowest BCUT2D eigenvalue weighted by Crippen LogP contribution is -2.30. The van der Waals surface area contributed by atoms with Gasteiger partial charge in [0.25, 0.3) is 0 Å². The molecule has 0 saturated heterocycles. The normalized spacial score (nSPS) is 10.0. The van der Waals surface area contributed by atoms with Gasteiger partial charge in [0.2, 0.25) is 5.91 Å². The van der Waals surface area contributed by atoms with Gasteiger partial charge < -0.3 is 15.4 Å². The molecule has 0 unspecified atom stereocenters. The Morgan fingerprint density at radius 3 is 2.43 bits per heavy atom. The van der Waals surface area contributed by atoms with E-state index in [1.807, 2.05) is 6.92 Å². The van der Waals surface area contributed by atoms with Gasteiger partial charge in [-0.3, -0.25) is 4.79 Å². The van der Waals surface area contributed by atoms with E-state index in [1.54, 1.807) is 24.3 Å². The van der Waals surface area contributed by atoms with Gasteiger partial charge in [0.05, 0.1) is 18.7 Å². The molecule has 1 amide bonds. The van der Waals surface area contributed by atoms with Crippen LogP contribution in [0.4, 0.5) is 5.69 Å². The van der Waals surface area contributed by atoms with Crippen molar-refractivity contribution in [3.05, 3.63) is 29.8 Å². The minimum atomic E-state index is -0.319. The van der Waals surface area contributed by atoms with Crippen LogP contribution in [-0.2, 0) is 9.53 Å². The summed E-state index contributed by atoms with van der Waals surface area (Å²) in [5, 5.41) is 5.85. The predicted molar refractivity (Wildman–Crippen MR) is 83.4 cm³/mol. The van der Waals surface area contributed by atoms with Gasteiger partial charge in [-0.1, -0.05) is 20.3 Å².